The summed E-state index contributed by atoms with van der Waals surface area (Å²) in [5.41, 5.74) is 4.09. The number of hydrazine groups is 1. The number of methoxy groups -OCH3 is 1. The molecule has 3 N–H and O–H groups in total. The first-order chi connectivity index (χ1) is 8.42. The van der Waals surface area contributed by atoms with E-state index in [9.17, 15) is 0 Å². The average Bonchev–Trinajstić information content (AvgIpc) is 2.77. The molecule has 0 aliphatic heterocycles. The highest BCUT2D eigenvalue weighted by molar-refractivity contribution is 7.09. The lowest BCUT2D eigenvalue weighted by atomic mass is 9.93. The molecule has 0 amide bonds. The van der Waals surface area contributed by atoms with Gasteiger partial charge >= 0.3 is 0 Å². The van der Waals surface area contributed by atoms with Gasteiger partial charge in [0.05, 0.1) is 22.8 Å². The van der Waals surface area contributed by atoms with Crippen molar-refractivity contribution in [2.24, 2.45) is 5.84 Å². The molecule has 1 aromatic rings. The maximum absolute atomic E-state index is 5.61. The molecule has 0 spiro atoms. The van der Waals surface area contributed by atoms with E-state index in [2.05, 4.69) is 43.5 Å². The molecule has 0 aromatic carbocycles. The maximum atomic E-state index is 5.61. The monoisotopic (exact) mass is 271 g/mol. The number of thiazole rings is 1. The van der Waals surface area contributed by atoms with Crippen molar-refractivity contribution in [3.8, 4) is 0 Å². The number of nitrogens with two attached hydrogens (primary N) is 1. The number of rotatable bonds is 6. The fourth-order valence-electron chi connectivity index (χ4n) is 1.85. The fraction of sp³-hybridized carbons (Fsp3) is 0.769. The maximum Gasteiger partial charge on any atom is 0.0945 e. The van der Waals surface area contributed by atoms with Crippen molar-refractivity contribution in [1.29, 1.82) is 0 Å². The number of nitrogens with zero attached hydrogens (tertiary/aromatic N) is 1. The Morgan fingerprint density at radius 2 is 2.17 bits per heavy atom. The van der Waals surface area contributed by atoms with Crippen molar-refractivity contribution in [3.05, 3.63) is 16.1 Å². The van der Waals surface area contributed by atoms with Crippen molar-refractivity contribution >= 4 is 11.3 Å². The lowest BCUT2D eigenvalue weighted by Gasteiger charge is -2.23. The summed E-state index contributed by atoms with van der Waals surface area (Å²) < 4.78 is 5.43. The second-order valence-electron chi connectivity index (χ2n) is 5.54. The zero-order valence-electron chi connectivity index (χ0n) is 12.0. The molecule has 18 heavy (non-hydrogen) atoms. The Bertz CT molecular complexity index is 355. The Morgan fingerprint density at radius 1 is 1.50 bits per heavy atom. The smallest absolute Gasteiger partial charge is 0.0945 e. The molecule has 5 heteroatoms. The molecule has 0 bridgehead atoms. The second-order valence-corrected chi connectivity index (χ2v) is 6.48. The lowest BCUT2D eigenvalue weighted by molar-refractivity contribution is 0.0653. The van der Waals surface area contributed by atoms with Gasteiger partial charge in [0.2, 0.25) is 0 Å². The third-order valence-electron chi connectivity index (χ3n) is 3.08. The molecule has 1 rings (SSSR count). The predicted octanol–water partition coefficient (Wildman–Crippen LogP) is 2.24. The predicted molar refractivity (Wildman–Crippen MR) is 76.7 cm³/mol. The Kier molecular flexibility index (Phi) is 5.72. The molecule has 0 fully saturated rings. The standard InChI is InChI=1S/C13H25N3OS/c1-6-10(17-5)9(16-14)7-12-15-11(8-18-12)13(2,3)4/h8-10,16H,6-7,14H2,1-5H3. The minimum Gasteiger partial charge on any atom is -0.380 e. The molecule has 0 aliphatic carbocycles. The molecule has 0 radical (unpaired) electrons. The SMILES string of the molecule is CCC(OC)C(Cc1nc(C(C)(C)C)cs1)NN. The molecule has 0 aliphatic rings. The van der Waals surface area contributed by atoms with E-state index in [1.807, 2.05) is 0 Å². The van der Waals surface area contributed by atoms with Gasteiger partial charge in [0, 0.05) is 24.3 Å². The van der Waals surface area contributed by atoms with Gasteiger partial charge in [-0.2, -0.15) is 0 Å². The van der Waals surface area contributed by atoms with Crippen molar-refractivity contribution in [2.45, 2.75) is 58.1 Å². The van der Waals surface area contributed by atoms with Crippen LogP contribution >= 0.6 is 11.3 Å². The van der Waals surface area contributed by atoms with Gasteiger partial charge in [-0.05, 0) is 6.42 Å². The minimum absolute atomic E-state index is 0.103. The van der Waals surface area contributed by atoms with Gasteiger partial charge in [-0.15, -0.1) is 11.3 Å². The van der Waals surface area contributed by atoms with Crippen LogP contribution in [-0.4, -0.2) is 24.2 Å². The summed E-state index contributed by atoms with van der Waals surface area (Å²) in [7, 11) is 1.72. The third-order valence-corrected chi connectivity index (χ3v) is 3.95. The van der Waals surface area contributed by atoms with E-state index < -0.39 is 0 Å². The van der Waals surface area contributed by atoms with Crippen LogP contribution in [0.2, 0.25) is 0 Å². The number of hydrogen-bond acceptors (Lipinski definition) is 5. The fourth-order valence-corrected chi connectivity index (χ4v) is 2.93. The van der Waals surface area contributed by atoms with Crippen molar-refractivity contribution in [3.63, 3.8) is 0 Å². The summed E-state index contributed by atoms with van der Waals surface area (Å²) in [6.45, 7) is 8.62. The van der Waals surface area contributed by atoms with Gasteiger partial charge in [-0.1, -0.05) is 27.7 Å². The summed E-state index contributed by atoms with van der Waals surface area (Å²) in [5.74, 6) is 5.61. The molecule has 1 aromatic heterocycles. The lowest BCUT2D eigenvalue weighted by Crippen LogP contribution is -2.46. The van der Waals surface area contributed by atoms with E-state index in [0.717, 1.165) is 23.5 Å². The van der Waals surface area contributed by atoms with Crippen LogP contribution in [0.25, 0.3) is 0 Å². The van der Waals surface area contributed by atoms with Gasteiger partial charge in [-0.3, -0.25) is 11.3 Å². The Hall–Kier alpha value is -0.490. The van der Waals surface area contributed by atoms with Crippen LogP contribution in [0.5, 0.6) is 0 Å². The Balaban J connectivity index is 2.73. The highest BCUT2D eigenvalue weighted by Gasteiger charge is 2.22. The molecule has 104 valence electrons. The average molecular weight is 271 g/mol. The molecule has 0 saturated heterocycles. The van der Waals surface area contributed by atoms with E-state index in [1.165, 1.54) is 0 Å². The summed E-state index contributed by atoms with van der Waals surface area (Å²) >= 11 is 1.70. The van der Waals surface area contributed by atoms with Crippen LogP contribution in [0, 0.1) is 0 Å². The Labute approximate surface area is 114 Å². The van der Waals surface area contributed by atoms with E-state index >= 15 is 0 Å². The first-order valence-corrected chi connectivity index (χ1v) is 7.24. The molecular formula is C13H25N3OS. The number of hydrogen-bond donors (Lipinski definition) is 2. The molecule has 4 nitrogen and oxygen atoms in total. The van der Waals surface area contributed by atoms with E-state index in [0.29, 0.717) is 0 Å². The summed E-state index contributed by atoms with van der Waals surface area (Å²) in [6, 6.07) is 0.110. The van der Waals surface area contributed by atoms with E-state index in [-0.39, 0.29) is 17.6 Å². The van der Waals surface area contributed by atoms with Crippen LogP contribution in [-0.2, 0) is 16.6 Å². The molecule has 1 heterocycles. The van der Waals surface area contributed by atoms with Crippen molar-refractivity contribution in [2.75, 3.05) is 7.11 Å². The van der Waals surface area contributed by atoms with Crippen molar-refractivity contribution in [1.82, 2.24) is 10.4 Å². The number of nitrogens with one attached hydrogen (secondary N) is 1. The molecule has 0 saturated carbocycles. The summed E-state index contributed by atoms with van der Waals surface area (Å²) in [6.07, 6.45) is 1.86. The first-order valence-electron chi connectivity index (χ1n) is 6.36. The third kappa shape index (κ3) is 4.02. The molecule has 2 atom stereocenters. The minimum atomic E-state index is 0.103. The second kappa shape index (κ2) is 6.61. The molecule has 2 unspecified atom stereocenters. The van der Waals surface area contributed by atoms with Crippen LogP contribution in [0.15, 0.2) is 5.38 Å². The van der Waals surface area contributed by atoms with Crippen LogP contribution in [0.4, 0.5) is 0 Å². The van der Waals surface area contributed by atoms with Gasteiger partial charge in [0.15, 0.2) is 0 Å². The quantitative estimate of drug-likeness (QED) is 0.615. The Morgan fingerprint density at radius 3 is 2.56 bits per heavy atom. The van der Waals surface area contributed by atoms with Crippen LogP contribution < -0.4 is 11.3 Å². The number of aromatic nitrogens is 1. The summed E-state index contributed by atoms with van der Waals surface area (Å²) in [5, 5.41) is 3.25. The largest absolute Gasteiger partial charge is 0.380 e. The normalized spacial score (nSPS) is 15.7. The topological polar surface area (TPSA) is 60.2 Å². The van der Waals surface area contributed by atoms with E-state index in [4.69, 9.17) is 10.6 Å². The van der Waals surface area contributed by atoms with Crippen LogP contribution in [0.3, 0.4) is 0 Å². The van der Waals surface area contributed by atoms with Gasteiger partial charge in [-0.25, -0.2) is 4.98 Å². The van der Waals surface area contributed by atoms with Gasteiger partial charge in [0.1, 0.15) is 0 Å². The zero-order valence-corrected chi connectivity index (χ0v) is 12.8. The summed E-state index contributed by atoms with van der Waals surface area (Å²) in [4.78, 5) is 4.69. The van der Waals surface area contributed by atoms with Crippen molar-refractivity contribution < 1.29 is 4.74 Å². The number of ether oxygens (including phenoxy) is 1. The highest BCUT2D eigenvalue weighted by atomic mass is 32.1. The highest BCUT2D eigenvalue weighted by Crippen LogP contribution is 2.24. The van der Waals surface area contributed by atoms with Gasteiger partial charge in [0.25, 0.3) is 0 Å². The van der Waals surface area contributed by atoms with E-state index in [1.54, 1.807) is 18.4 Å². The molecular weight excluding hydrogens is 246 g/mol. The van der Waals surface area contributed by atoms with Crippen LogP contribution in [0.1, 0.15) is 44.8 Å². The zero-order chi connectivity index (χ0) is 13.8. The first kappa shape index (κ1) is 15.6. The van der Waals surface area contributed by atoms with Gasteiger partial charge < -0.3 is 4.74 Å².